The summed E-state index contributed by atoms with van der Waals surface area (Å²) in [6, 6.07) is 0.383. The SMILES string of the molecule is O=C(O)[C@H]1CC[C@@H](C(=O)NC2C3CC4CC(C3)CC2C4)C1. The Kier molecular flexibility index (Phi) is 3.23. The minimum Gasteiger partial charge on any atom is -0.481 e. The molecule has 5 aliphatic carbocycles. The second-order valence-electron chi connectivity index (χ2n) is 8.01. The summed E-state index contributed by atoms with van der Waals surface area (Å²) in [6.07, 6.45) is 8.59. The molecule has 4 bridgehead atoms. The number of hydrogen-bond donors (Lipinski definition) is 2. The van der Waals surface area contributed by atoms with Crippen molar-refractivity contribution in [2.45, 2.75) is 57.4 Å². The van der Waals surface area contributed by atoms with E-state index in [2.05, 4.69) is 5.32 Å². The zero-order valence-corrected chi connectivity index (χ0v) is 12.5. The monoisotopic (exact) mass is 291 g/mol. The molecule has 5 aliphatic rings. The van der Waals surface area contributed by atoms with Crippen LogP contribution in [0.4, 0.5) is 0 Å². The van der Waals surface area contributed by atoms with Crippen LogP contribution in [0.15, 0.2) is 0 Å². The van der Waals surface area contributed by atoms with E-state index in [9.17, 15) is 9.59 Å². The normalized spacial score (nSPS) is 47.5. The van der Waals surface area contributed by atoms with Crippen molar-refractivity contribution in [3.05, 3.63) is 0 Å². The number of amides is 1. The van der Waals surface area contributed by atoms with Gasteiger partial charge >= 0.3 is 5.97 Å². The van der Waals surface area contributed by atoms with Gasteiger partial charge in [-0.05, 0) is 75.0 Å². The van der Waals surface area contributed by atoms with Gasteiger partial charge in [-0.1, -0.05) is 0 Å². The fourth-order valence-electron chi connectivity index (χ4n) is 5.89. The van der Waals surface area contributed by atoms with Crippen molar-refractivity contribution in [1.29, 1.82) is 0 Å². The Balaban J connectivity index is 1.38. The molecule has 0 aromatic rings. The molecule has 0 unspecified atom stereocenters. The highest BCUT2D eigenvalue weighted by molar-refractivity contribution is 5.81. The molecule has 2 atom stereocenters. The van der Waals surface area contributed by atoms with Gasteiger partial charge in [-0.25, -0.2) is 0 Å². The number of hydrogen-bond acceptors (Lipinski definition) is 2. The van der Waals surface area contributed by atoms with E-state index < -0.39 is 5.97 Å². The third kappa shape index (κ3) is 2.36. The van der Waals surface area contributed by atoms with Crippen molar-refractivity contribution >= 4 is 11.9 Å². The van der Waals surface area contributed by atoms with Gasteiger partial charge in [0.05, 0.1) is 5.92 Å². The molecule has 4 nitrogen and oxygen atoms in total. The molecule has 21 heavy (non-hydrogen) atoms. The maximum atomic E-state index is 12.5. The summed E-state index contributed by atoms with van der Waals surface area (Å²) in [4.78, 5) is 23.5. The molecule has 5 saturated carbocycles. The van der Waals surface area contributed by atoms with Crippen LogP contribution in [0.1, 0.15) is 51.4 Å². The molecule has 0 saturated heterocycles. The van der Waals surface area contributed by atoms with Gasteiger partial charge < -0.3 is 10.4 Å². The average molecular weight is 291 g/mol. The fraction of sp³-hybridized carbons (Fsp3) is 0.882. The Hall–Kier alpha value is -1.06. The lowest BCUT2D eigenvalue weighted by molar-refractivity contribution is -0.141. The number of nitrogens with one attached hydrogen (secondary N) is 1. The summed E-state index contributed by atoms with van der Waals surface area (Å²) < 4.78 is 0. The molecule has 2 N–H and O–H groups in total. The largest absolute Gasteiger partial charge is 0.481 e. The van der Waals surface area contributed by atoms with E-state index in [0.29, 0.717) is 30.7 Å². The lowest BCUT2D eigenvalue weighted by atomic mass is 9.54. The summed E-state index contributed by atoms with van der Waals surface area (Å²) in [6.45, 7) is 0. The minimum absolute atomic E-state index is 0.0664. The van der Waals surface area contributed by atoms with Crippen molar-refractivity contribution in [1.82, 2.24) is 5.32 Å². The average Bonchev–Trinajstić information content (AvgIpc) is 2.92. The number of carboxylic acid groups (broad SMARTS) is 1. The number of carboxylic acids is 1. The molecule has 0 aliphatic heterocycles. The Morgan fingerprint density at radius 3 is 1.90 bits per heavy atom. The highest BCUT2D eigenvalue weighted by Gasteiger charge is 2.49. The highest BCUT2D eigenvalue weighted by atomic mass is 16.4. The van der Waals surface area contributed by atoms with Gasteiger partial charge in [-0.2, -0.15) is 0 Å². The van der Waals surface area contributed by atoms with Crippen LogP contribution in [-0.4, -0.2) is 23.0 Å². The highest BCUT2D eigenvalue weighted by Crippen LogP contribution is 2.53. The Labute approximate surface area is 125 Å². The van der Waals surface area contributed by atoms with E-state index in [1.807, 2.05) is 0 Å². The lowest BCUT2D eigenvalue weighted by Gasteiger charge is -2.54. The summed E-state index contributed by atoms with van der Waals surface area (Å²) in [7, 11) is 0. The molecule has 5 fully saturated rings. The number of rotatable bonds is 3. The molecular formula is C17H25NO3. The van der Waals surface area contributed by atoms with Crippen LogP contribution < -0.4 is 5.32 Å². The van der Waals surface area contributed by atoms with Crippen LogP contribution in [0.25, 0.3) is 0 Å². The second kappa shape index (κ2) is 4.99. The van der Waals surface area contributed by atoms with Crippen LogP contribution in [0.3, 0.4) is 0 Å². The van der Waals surface area contributed by atoms with Crippen LogP contribution >= 0.6 is 0 Å². The van der Waals surface area contributed by atoms with Gasteiger partial charge in [0.2, 0.25) is 5.91 Å². The van der Waals surface area contributed by atoms with Crippen molar-refractivity contribution < 1.29 is 14.7 Å². The Morgan fingerprint density at radius 1 is 0.810 bits per heavy atom. The van der Waals surface area contributed by atoms with Crippen LogP contribution in [0.5, 0.6) is 0 Å². The summed E-state index contributed by atoms with van der Waals surface area (Å²) in [5, 5.41) is 12.4. The van der Waals surface area contributed by atoms with E-state index in [1.54, 1.807) is 0 Å². The molecule has 5 rings (SSSR count). The number of aliphatic carboxylic acids is 1. The van der Waals surface area contributed by atoms with E-state index in [0.717, 1.165) is 18.3 Å². The van der Waals surface area contributed by atoms with Crippen LogP contribution in [0.2, 0.25) is 0 Å². The van der Waals surface area contributed by atoms with Gasteiger partial charge in [-0.15, -0.1) is 0 Å². The first kappa shape index (κ1) is 13.6. The van der Waals surface area contributed by atoms with Crippen LogP contribution in [-0.2, 0) is 9.59 Å². The summed E-state index contributed by atoms with van der Waals surface area (Å²) >= 11 is 0. The second-order valence-corrected chi connectivity index (χ2v) is 8.01. The van der Waals surface area contributed by atoms with Crippen molar-refractivity contribution in [3.8, 4) is 0 Å². The van der Waals surface area contributed by atoms with Gasteiger partial charge in [0.1, 0.15) is 0 Å². The molecule has 4 heteroatoms. The Bertz CT molecular complexity index is 433. The maximum Gasteiger partial charge on any atom is 0.306 e. The number of carbonyl (C=O) groups is 2. The molecule has 0 heterocycles. The third-order valence-corrected chi connectivity index (χ3v) is 6.69. The predicted octanol–water partition coefficient (Wildman–Crippen LogP) is 2.43. The van der Waals surface area contributed by atoms with Crippen LogP contribution in [0, 0.1) is 35.5 Å². The standard InChI is InChI=1S/C17H25NO3/c19-16(11-1-2-12(8-11)17(20)21)18-15-13-4-9-3-10(6-13)7-14(15)5-9/h9-15H,1-8H2,(H,18,19)(H,20,21)/t9?,10?,11-,12+,13?,14?,15?/m1/s1. The molecule has 0 spiro atoms. The first-order chi connectivity index (χ1) is 10.1. The summed E-state index contributed by atoms with van der Waals surface area (Å²) in [5.74, 6) is 2.26. The van der Waals surface area contributed by atoms with E-state index >= 15 is 0 Å². The van der Waals surface area contributed by atoms with E-state index in [1.165, 1.54) is 32.1 Å². The van der Waals surface area contributed by atoms with E-state index in [4.69, 9.17) is 5.11 Å². The molecule has 1 amide bonds. The van der Waals surface area contributed by atoms with Crippen molar-refractivity contribution in [3.63, 3.8) is 0 Å². The van der Waals surface area contributed by atoms with E-state index in [-0.39, 0.29) is 17.7 Å². The first-order valence-electron chi connectivity index (χ1n) is 8.63. The molecular weight excluding hydrogens is 266 g/mol. The smallest absolute Gasteiger partial charge is 0.306 e. The predicted molar refractivity (Wildman–Crippen MR) is 77.4 cm³/mol. The number of carbonyl (C=O) groups excluding carboxylic acids is 1. The maximum absolute atomic E-state index is 12.5. The first-order valence-corrected chi connectivity index (χ1v) is 8.63. The zero-order valence-electron chi connectivity index (χ0n) is 12.5. The third-order valence-electron chi connectivity index (χ3n) is 6.69. The van der Waals surface area contributed by atoms with Crippen molar-refractivity contribution in [2.75, 3.05) is 0 Å². The van der Waals surface area contributed by atoms with Gasteiger partial charge in [0.15, 0.2) is 0 Å². The topological polar surface area (TPSA) is 66.4 Å². The Morgan fingerprint density at radius 2 is 1.38 bits per heavy atom. The molecule has 0 aromatic heterocycles. The lowest BCUT2D eigenvalue weighted by Crippen LogP contribution is -2.56. The fourth-order valence-corrected chi connectivity index (χ4v) is 5.89. The zero-order chi connectivity index (χ0) is 14.6. The molecule has 116 valence electrons. The van der Waals surface area contributed by atoms with Gasteiger partial charge in [0.25, 0.3) is 0 Å². The molecule has 0 aromatic carbocycles. The van der Waals surface area contributed by atoms with Gasteiger partial charge in [0, 0.05) is 12.0 Å². The molecule has 0 radical (unpaired) electrons. The van der Waals surface area contributed by atoms with Crippen molar-refractivity contribution in [2.24, 2.45) is 35.5 Å². The quantitative estimate of drug-likeness (QED) is 0.839. The minimum atomic E-state index is -0.736. The van der Waals surface area contributed by atoms with Gasteiger partial charge in [-0.3, -0.25) is 9.59 Å². The summed E-state index contributed by atoms with van der Waals surface area (Å²) in [5.41, 5.74) is 0.